The molecule has 4 rings (SSSR count). The van der Waals surface area contributed by atoms with Crippen molar-refractivity contribution in [2.45, 2.75) is 172 Å². The van der Waals surface area contributed by atoms with Crippen LogP contribution in [0.15, 0.2) is 5.16 Å². The van der Waals surface area contributed by atoms with E-state index in [-0.39, 0.29) is 43.7 Å². The van der Waals surface area contributed by atoms with Gasteiger partial charge in [0.2, 0.25) is 0 Å². The van der Waals surface area contributed by atoms with E-state index in [1.54, 1.807) is 41.5 Å². The number of ether oxygens (including phenoxy) is 7. The summed E-state index contributed by atoms with van der Waals surface area (Å²) in [5, 5.41) is 72.1. The van der Waals surface area contributed by atoms with Crippen LogP contribution in [0.5, 0.6) is 0 Å². The number of likely N-dealkylation sites (N-methyl/N-ethyl adjacent to an activating group) is 1. The molecule has 4 heterocycles. The molecule has 0 amide bonds. The third-order valence-corrected chi connectivity index (χ3v) is 12.3. The van der Waals surface area contributed by atoms with Gasteiger partial charge >= 0.3 is 5.97 Å². The zero-order valence-corrected chi connectivity index (χ0v) is 33.5. The van der Waals surface area contributed by atoms with Gasteiger partial charge < -0.3 is 68.8 Å². The molecule has 18 atom stereocenters. The average molecular weight is 763 g/mol. The maximum atomic E-state index is 14.3. The normalized spacial score (nSPS) is 51.5. The van der Waals surface area contributed by atoms with E-state index < -0.39 is 101 Å². The van der Waals surface area contributed by atoms with Crippen molar-refractivity contribution in [1.82, 2.24) is 4.90 Å². The van der Waals surface area contributed by atoms with Gasteiger partial charge in [0.25, 0.3) is 5.97 Å². The second-order valence-electron chi connectivity index (χ2n) is 16.9. The van der Waals surface area contributed by atoms with Crippen LogP contribution in [0, 0.1) is 23.7 Å². The van der Waals surface area contributed by atoms with E-state index >= 15 is 0 Å². The fraction of sp³-hybridized carbons (Fsp3) is 0.946. The Labute approximate surface area is 313 Å². The first kappa shape index (κ1) is 44.2. The second kappa shape index (κ2) is 16.5. The van der Waals surface area contributed by atoms with Crippen LogP contribution in [0.25, 0.3) is 0 Å². The molecule has 0 aromatic heterocycles. The van der Waals surface area contributed by atoms with E-state index in [2.05, 4.69) is 5.16 Å². The fourth-order valence-corrected chi connectivity index (χ4v) is 9.07. The summed E-state index contributed by atoms with van der Waals surface area (Å²) in [7, 11) is 5.15. The molecule has 4 fully saturated rings. The Morgan fingerprint density at radius 2 is 1.64 bits per heavy atom. The minimum atomic E-state index is -2.00. The highest BCUT2D eigenvalue weighted by Crippen LogP contribution is 2.47. The maximum Gasteiger partial charge on any atom is 0.314 e. The van der Waals surface area contributed by atoms with Crippen molar-refractivity contribution in [3.63, 3.8) is 0 Å². The molecule has 308 valence electrons. The van der Waals surface area contributed by atoms with Crippen LogP contribution in [-0.2, 0) is 38.0 Å². The lowest BCUT2D eigenvalue weighted by molar-refractivity contribution is -0.474. The van der Waals surface area contributed by atoms with Gasteiger partial charge in [-0.1, -0.05) is 32.9 Å². The Morgan fingerprint density at radius 1 is 1.00 bits per heavy atom. The fourth-order valence-electron chi connectivity index (χ4n) is 9.07. The van der Waals surface area contributed by atoms with Gasteiger partial charge in [-0.25, -0.2) is 0 Å². The molecule has 6 N–H and O–H groups in total. The number of hydrogen-bond acceptors (Lipinski definition) is 16. The van der Waals surface area contributed by atoms with Gasteiger partial charge in [-0.15, -0.1) is 0 Å². The van der Waals surface area contributed by atoms with Crippen LogP contribution in [0.2, 0.25) is 0 Å². The Bertz CT molecular complexity index is 1280. The number of methoxy groups -OCH3 is 1. The third-order valence-electron chi connectivity index (χ3n) is 12.3. The van der Waals surface area contributed by atoms with E-state index in [0.717, 1.165) is 0 Å². The van der Waals surface area contributed by atoms with Gasteiger partial charge in [0.05, 0.1) is 54.9 Å². The molecule has 16 nitrogen and oxygen atoms in total. The quantitative estimate of drug-likeness (QED) is 0.133. The van der Waals surface area contributed by atoms with Crippen molar-refractivity contribution in [2.75, 3.05) is 27.8 Å². The predicted octanol–water partition coefficient (Wildman–Crippen LogP) is 1.38. The third kappa shape index (κ3) is 8.74. The van der Waals surface area contributed by atoms with Crippen molar-refractivity contribution < 1.29 is 68.7 Å². The summed E-state index contributed by atoms with van der Waals surface area (Å²) in [5.41, 5.74) is -4.87. The van der Waals surface area contributed by atoms with E-state index in [1.807, 2.05) is 25.9 Å². The number of carbonyl (C=O) groups is 1. The Hall–Kier alpha value is -1.54. The van der Waals surface area contributed by atoms with Gasteiger partial charge in [0.15, 0.2) is 6.29 Å². The molecule has 0 aromatic rings. The summed E-state index contributed by atoms with van der Waals surface area (Å²) in [6.07, 6.45) is -9.19. The van der Waals surface area contributed by atoms with E-state index in [9.17, 15) is 35.5 Å². The molecule has 0 radical (unpaired) electrons. The predicted molar refractivity (Wildman–Crippen MR) is 190 cm³/mol. The standard InChI is InChI=1S/C37H66N2O14/c1-13-25-36(9,45)29(41)20(4)26(38-46)18(2)15-34(7,44)31(51-33-27(40)24(39(10)11)14-19(3)49-33)21(5)28-23(32(43)50-25)16-48-37(53-28)17-35(8,47-12)30(42)22(6)52-37/h18-25,27-31,33,40-42,44-46H,13-17H2,1-12H3/b38-26+/t18-,19-,20+,21+,22+,23-,24+,25-,27-,28+,29-,30+,31-,33+,34-,35-,36-,37-/m1/s1. The molecule has 4 aliphatic rings. The highest BCUT2D eigenvalue weighted by molar-refractivity contribution is 5.88. The molecule has 4 saturated heterocycles. The van der Waals surface area contributed by atoms with Crippen molar-refractivity contribution in [1.29, 1.82) is 0 Å². The number of cyclic esters (lactones) is 1. The molecular weight excluding hydrogens is 696 g/mol. The van der Waals surface area contributed by atoms with Crippen LogP contribution in [0.3, 0.4) is 0 Å². The molecule has 1 spiro atoms. The number of fused-ring (bicyclic) bond motifs is 1. The lowest BCUT2D eigenvalue weighted by Gasteiger charge is -2.55. The summed E-state index contributed by atoms with van der Waals surface area (Å²) in [6.45, 7) is 14.6. The molecule has 4 aliphatic heterocycles. The Morgan fingerprint density at radius 3 is 2.21 bits per heavy atom. The second-order valence-corrected chi connectivity index (χ2v) is 16.9. The number of hydrogen-bond donors (Lipinski definition) is 6. The molecule has 53 heavy (non-hydrogen) atoms. The van der Waals surface area contributed by atoms with E-state index in [4.69, 9.17) is 33.2 Å². The van der Waals surface area contributed by atoms with Crippen molar-refractivity contribution in [2.24, 2.45) is 28.8 Å². The van der Waals surface area contributed by atoms with Crippen LogP contribution < -0.4 is 0 Å². The molecule has 0 unspecified atom stereocenters. The van der Waals surface area contributed by atoms with Gasteiger partial charge in [-0.3, -0.25) is 4.79 Å². The zero-order valence-electron chi connectivity index (χ0n) is 33.5. The highest BCUT2D eigenvalue weighted by atomic mass is 16.9. The molecule has 16 heteroatoms. The van der Waals surface area contributed by atoms with Crippen molar-refractivity contribution in [3.8, 4) is 0 Å². The number of nitrogens with zero attached hydrogens (tertiary/aromatic N) is 2. The lowest BCUT2D eigenvalue weighted by Crippen LogP contribution is -2.67. The number of aliphatic hydroxyl groups is 5. The summed E-state index contributed by atoms with van der Waals surface area (Å²) < 4.78 is 43.7. The number of aliphatic hydroxyl groups excluding tert-OH is 3. The first-order valence-electron chi connectivity index (χ1n) is 18.9. The van der Waals surface area contributed by atoms with Gasteiger partial charge in [-0.05, 0) is 68.0 Å². The summed E-state index contributed by atoms with van der Waals surface area (Å²) in [4.78, 5) is 16.2. The van der Waals surface area contributed by atoms with Crippen LogP contribution >= 0.6 is 0 Å². The minimum absolute atomic E-state index is 0.0851. The lowest BCUT2D eigenvalue weighted by atomic mass is 9.73. The van der Waals surface area contributed by atoms with Crippen molar-refractivity contribution >= 4 is 11.7 Å². The summed E-state index contributed by atoms with van der Waals surface area (Å²) >= 11 is 0. The van der Waals surface area contributed by atoms with Crippen LogP contribution in [0.1, 0.15) is 88.0 Å². The monoisotopic (exact) mass is 762 g/mol. The SMILES string of the molecule is CC[C@H]1OC(=O)[C@@H]2CO[C@@]3(C[C@@](C)(OC)[C@@H](O)[C@H](C)O3)O[C@H]2[C@H](C)[C@@H](O[C@@H]2O[C@H](C)C[C@H](N(C)C)[C@H]2O)[C@](C)(O)C[C@@H](C)/C(=N\O)[C@H](C)[C@@H](O)[C@]1(C)O. The van der Waals surface area contributed by atoms with Gasteiger partial charge in [-0.2, -0.15) is 0 Å². The topological polar surface area (TPSA) is 219 Å². The number of carbonyl (C=O) groups excluding carboxylic acids is 1. The first-order valence-corrected chi connectivity index (χ1v) is 18.9. The molecule has 0 aromatic carbocycles. The van der Waals surface area contributed by atoms with E-state index in [1.165, 1.54) is 21.0 Å². The molecular formula is C37H66N2O14. The Kier molecular flexibility index (Phi) is 13.8. The van der Waals surface area contributed by atoms with Crippen LogP contribution in [-0.4, -0.2) is 159 Å². The molecule has 0 bridgehead atoms. The van der Waals surface area contributed by atoms with Crippen molar-refractivity contribution in [3.05, 3.63) is 0 Å². The molecule has 0 aliphatic carbocycles. The van der Waals surface area contributed by atoms with Crippen LogP contribution in [0.4, 0.5) is 0 Å². The maximum absolute atomic E-state index is 14.3. The number of esters is 1. The zero-order chi connectivity index (χ0) is 40.0. The summed E-state index contributed by atoms with van der Waals surface area (Å²) in [5.74, 6) is -6.30. The van der Waals surface area contributed by atoms with Gasteiger partial charge in [0, 0.05) is 30.9 Å². The minimum Gasteiger partial charge on any atom is -0.459 e. The van der Waals surface area contributed by atoms with E-state index in [0.29, 0.717) is 6.42 Å². The Balaban J connectivity index is 1.88. The smallest absolute Gasteiger partial charge is 0.314 e. The average Bonchev–Trinajstić information content (AvgIpc) is 3.08. The number of oxime groups is 1. The largest absolute Gasteiger partial charge is 0.459 e. The van der Waals surface area contributed by atoms with Gasteiger partial charge in [0.1, 0.15) is 35.4 Å². The molecule has 0 saturated carbocycles. The first-order chi connectivity index (χ1) is 24.5. The highest BCUT2D eigenvalue weighted by Gasteiger charge is 2.61. The summed E-state index contributed by atoms with van der Waals surface area (Å²) in [6, 6.07) is -0.337. The number of rotatable bonds is 5.